The van der Waals surface area contributed by atoms with Crippen LogP contribution in [0, 0.1) is 13.8 Å². The molecule has 7 heteroatoms. The molecule has 0 spiro atoms. The molecule has 1 aliphatic heterocycles. The second-order valence-corrected chi connectivity index (χ2v) is 9.67. The van der Waals surface area contributed by atoms with Gasteiger partial charge in [-0.25, -0.2) is 4.98 Å². The van der Waals surface area contributed by atoms with Crippen LogP contribution in [-0.4, -0.2) is 61.4 Å². The lowest BCUT2D eigenvalue weighted by Crippen LogP contribution is -2.39. The molecule has 164 valence electrons. The van der Waals surface area contributed by atoms with Gasteiger partial charge in [-0.3, -0.25) is 14.6 Å². The van der Waals surface area contributed by atoms with E-state index in [1.807, 2.05) is 35.4 Å². The molecule has 0 radical (unpaired) electrons. The second kappa shape index (κ2) is 10.1. The van der Waals surface area contributed by atoms with Crippen LogP contribution < -0.4 is 4.90 Å². The molecule has 0 aliphatic carbocycles. The quantitative estimate of drug-likeness (QED) is 0.469. The van der Waals surface area contributed by atoms with Gasteiger partial charge in [-0.15, -0.1) is 11.8 Å². The number of hydrogen-bond donors (Lipinski definition) is 0. The first kappa shape index (κ1) is 22.3. The number of hydrogen-bond acceptors (Lipinski definition) is 6. The molecule has 2 heterocycles. The minimum Gasteiger partial charge on any atom is -0.379 e. The first-order chi connectivity index (χ1) is 15.1. The summed E-state index contributed by atoms with van der Waals surface area (Å²) in [6, 6.07) is 12.1. The van der Waals surface area contributed by atoms with Crippen molar-refractivity contribution >= 4 is 44.4 Å². The molecule has 31 heavy (non-hydrogen) atoms. The third-order valence-electron chi connectivity index (χ3n) is 5.85. The Morgan fingerprint density at radius 3 is 2.74 bits per heavy atom. The summed E-state index contributed by atoms with van der Waals surface area (Å²) < 4.78 is 6.58. The third-order valence-corrected chi connectivity index (χ3v) is 7.69. The lowest BCUT2D eigenvalue weighted by molar-refractivity contribution is 0.0376. The van der Waals surface area contributed by atoms with Crippen molar-refractivity contribution in [1.82, 2.24) is 9.88 Å². The van der Waals surface area contributed by atoms with E-state index in [4.69, 9.17) is 9.72 Å². The van der Waals surface area contributed by atoms with Crippen molar-refractivity contribution in [2.24, 2.45) is 0 Å². The summed E-state index contributed by atoms with van der Waals surface area (Å²) in [5.74, 6) is 0.0281. The van der Waals surface area contributed by atoms with Gasteiger partial charge in [0, 0.05) is 31.1 Å². The summed E-state index contributed by atoms with van der Waals surface area (Å²) in [6.45, 7) is 9.33. The maximum atomic E-state index is 13.7. The van der Waals surface area contributed by atoms with E-state index in [2.05, 4.69) is 30.9 Å². The predicted molar refractivity (Wildman–Crippen MR) is 131 cm³/mol. The van der Waals surface area contributed by atoms with Crippen molar-refractivity contribution in [3.8, 4) is 0 Å². The number of fused-ring (bicyclic) bond motifs is 1. The van der Waals surface area contributed by atoms with E-state index in [1.165, 1.54) is 11.1 Å². The van der Waals surface area contributed by atoms with Crippen LogP contribution in [0.3, 0.4) is 0 Å². The highest BCUT2D eigenvalue weighted by atomic mass is 32.2. The van der Waals surface area contributed by atoms with Crippen LogP contribution in [0.2, 0.25) is 0 Å². The van der Waals surface area contributed by atoms with Crippen LogP contribution in [0.15, 0.2) is 41.3 Å². The number of nitrogens with zero attached hydrogens (tertiary/aromatic N) is 3. The molecular weight excluding hydrogens is 426 g/mol. The number of benzene rings is 2. The minimum atomic E-state index is 0.0281. The van der Waals surface area contributed by atoms with Gasteiger partial charge in [0.05, 0.1) is 29.0 Å². The van der Waals surface area contributed by atoms with E-state index in [-0.39, 0.29) is 5.91 Å². The average Bonchev–Trinajstić information content (AvgIpc) is 3.24. The van der Waals surface area contributed by atoms with E-state index in [9.17, 15) is 4.79 Å². The molecule has 1 amide bonds. The van der Waals surface area contributed by atoms with Crippen molar-refractivity contribution in [2.75, 3.05) is 50.5 Å². The van der Waals surface area contributed by atoms with E-state index in [1.54, 1.807) is 23.1 Å². The molecule has 4 rings (SSSR count). The summed E-state index contributed by atoms with van der Waals surface area (Å²) >= 11 is 3.21. The standard InChI is InChI=1S/C24H29N3O2S2/c1-17-9-10-21-22(18(17)2)25-24(31-21)27(12-6-11-26-13-15-29-16-14-26)23(28)19-7-4-5-8-20(19)30-3/h4-5,7-10H,6,11-16H2,1-3H3. The number of rotatable bonds is 7. The monoisotopic (exact) mass is 455 g/mol. The molecule has 1 aliphatic rings. The van der Waals surface area contributed by atoms with Crippen LogP contribution in [-0.2, 0) is 4.74 Å². The van der Waals surface area contributed by atoms with E-state index >= 15 is 0 Å². The van der Waals surface area contributed by atoms with Gasteiger partial charge >= 0.3 is 0 Å². The predicted octanol–water partition coefficient (Wildman–Crippen LogP) is 5.00. The zero-order valence-electron chi connectivity index (χ0n) is 18.4. The zero-order chi connectivity index (χ0) is 21.8. The molecule has 1 fully saturated rings. The van der Waals surface area contributed by atoms with Gasteiger partial charge in [0.1, 0.15) is 0 Å². The molecule has 0 bridgehead atoms. The molecule has 2 aromatic carbocycles. The van der Waals surface area contributed by atoms with Gasteiger partial charge in [-0.2, -0.15) is 0 Å². The smallest absolute Gasteiger partial charge is 0.261 e. The average molecular weight is 456 g/mol. The van der Waals surface area contributed by atoms with E-state index in [0.717, 1.165) is 65.1 Å². The highest BCUT2D eigenvalue weighted by Gasteiger charge is 2.24. The number of thioether (sulfide) groups is 1. The first-order valence-corrected chi connectivity index (χ1v) is 12.7. The maximum absolute atomic E-state index is 13.7. The molecule has 1 saturated heterocycles. The highest BCUT2D eigenvalue weighted by molar-refractivity contribution is 7.98. The Balaban J connectivity index is 1.63. The van der Waals surface area contributed by atoms with Gasteiger partial charge < -0.3 is 4.74 Å². The van der Waals surface area contributed by atoms with Gasteiger partial charge in [0.15, 0.2) is 5.13 Å². The van der Waals surface area contributed by atoms with Crippen molar-refractivity contribution < 1.29 is 9.53 Å². The zero-order valence-corrected chi connectivity index (χ0v) is 20.0. The molecule has 0 saturated carbocycles. The largest absolute Gasteiger partial charge is 0.379 e. The molecule has 1 aromatic heterocycles. The number of aromatic nitrogens is 1. The third kappa shape index (κ3) is 4.95. The van der Waals surface area contributed by atoms with Gasteiger partial charge in [-0.1, -0.05) is 29.5 Å². The maximum Gasteiger partial charge on any atom is 0.261 e. The number of carbonyl (C=O) groups excluding carboxylic acids is 1. The van der Waals surface area contributed by atoms with Crippen molar-refractivity contribution in [1.29, 1.82) is 0 Å². The van der Waals surface area contributed by atoms with E-state index in [0.29, 0.717) is 6.54 Å². The lowest BCUT2D eigenvalue weighted by Gasteiger charge is -2.28. The number of morpholine rings is 1. The van der Waals surface area contributed by atoms with Crippen LogP contribution in [0.25, 0.3) is 10.2 Å². The Hall–Kier alpha value is -1.93. The molecular formula is C24H29N3O2S2. The Labute approximate surface area is 192 Å². The number of thiazole rings is 1. The lowest BCUT2D eigenvalue weighted by atomic mass is 10.1. The van der Waals surface area contributed by atoms with Gasteiger partial charge in [0.25, 0.3) is 5.91 Å². The number of aryl methyl sites for hydroxylation is 2. The van der Waals surface area contributed by atoms with E-state index < -0.39 is 0 Å². The van der Waals surface area contributed by atoms with Crippen molar-refractivity contribution in [2.45, 2.75) is 25.2 Å². The molecule has 3 aromatic rings. The Morgan fingerprint density at radius 2 is 1.97 bits per heavy atom. The number of carbonyl (C=O) groups is 1. The highest BCUT2D eigenvalue weighted by Crippen LogP contribution is 2.33. The number of anilines is 1. The summed E-state index contributed by atoms with van der Waals surface area (Å²) in [4.78, 5) is 23.9. The second-order valence-electron chi connectivity index (χ2n) is 7.82. The Bertz CT molecular complexity index is 1060. The topological polar surface area (TPSA) is 45.7 Å². The van der Waals surface area contributed by atoms with Crippen LogP contribution in [0.4, 0.5) is 5.13 Å². The van der Waals surface area contributed by atoms with Gasteiger partial charge in [0.2, 0.25) is 0 Å². The van der Waals surface area contributed by atoms with Crippen LogP contribution in [0.1, 0.15) is 27.9 Å². The SMILES string of the molecule is CSc1ccccc1C(=O)N(CCCN1CCOCC1)c1nc2c(C)c(C)ccc2s1. The fourth-order valence-electron chi connectivity index (χ4n) is 3.86. The molecule has 0 N–H and O–H groups in total. The fraction of sp³-hybridized carbons (Fsp3) is 0.417. The Morgan fingerprint density at radius 1 is 1.19 bits per heavy atom. The van der Waals surface area contributed by atoms with Crippen LogP contribution >= 0.6 is 23.1 Å². The van der Waals surface area contributed by atoms with Crippen molar-refractivity contribution in [3.63, 3.8) is 0 Å². The Kier molecular flexibility index (Phi) is 7.27. The molecule has 0 atom stereocenters. The van der Waals surface area contributed by atoms with Crippen molar-refractivity contribution in [3.05, 3.63) is 53.1 Å². The van der Waals surface area contributed by atoms with Crippen LogP contribution in [0.5, 0.6) is 0 Å². The summed E-state index contributed by atoms with van der Waals surface area (Å²) in [6.07, 6.45) is 2.92. The minimum absolute atomic E-state index is 0.0281. The molecule has 5 nitrogen and oxygen atoms in total. The number of amides is 1. The first-order valence-electron chi connectivity index (χ1n) is 10.7. The normalized spacial score (nSPS) is 14.8. The van der Waals surface area contributed by atoms with Gasteiger partial charge in [-0.05, 0) is 55.9 Å². The summed E-state index contributed by atoms with van der Waals surface area (Å²) in [5.41, 5.74) is 4.16. The molecule has 0 unspecified atom stereocenters. The summed E-state index contributed by atoms with van der Waals surface area (Å²) in [5, 5.41) is 0.784. The fourth-order valence-corrected chi connectivity index (χ4v) is 5.50. The number of ether oxygens (including phenoxy) is 1. The summed E-state index contributed by atoms with van der Waals surface area (Å²) in [7, 11) is 0.